The van der Waals surface area contributed by atoms with Crippen molar-refractivity contribution in [2.45, 2.75) is 39.5 Å². The van der Waals surface area contributed by atoms with Gasteiger partial charge in [0.05, 0.1) is 10.9 Å². The third-order valence-corrected chi connectivity index (χ3v) is 3.87. The van der Waals surface area contributed by atoms with Crippen LogP contribution in [0.4, 0.5) is 0 Å². The highest BCUT2D eigenvalue weighted by atomic mass is 16.5. The Morgan fingerprint density at radius 1 is 1.25 bits per heavy atom. The fourth-order valence-corrected chi connectivity index (χ4v) is 2.91. The van der Waals surface area contributed by atoms with Crippen LogP contribution in [0.25, 0.3) is 10.9 Å². The summed E-state index contributed by atoms with van der Waals surface area (Å²) in [6, 6.07) is 3.56. The molecule has 1 aliphatic carbocycles. The molecule has 0 amide bonds. The summed E-state index contributed by atoms with van der Waals surface area (Å²) in [7, 11) is 0. The minimum atomic E-state index is -0.410. The number of carbonyl (C=O) groups is 1. The first-order valence-electron chi connectivity index (χ1n) is 6.93. The molecular weight excluding hydrogens is 254 g/mol. The van der Waals surface area contributed by atoms with Gasteiger partial charge in [0.1, 0.15) is 5.75 Å². The minimum absolute atomic E-state index is 0.00778. The highest BCUT2D eigenvalue weighted by Gasteiger charge is 2.19. The normalized spacial score (nSPS) is 14.1. The summed E-state index contributed by atoms with van der Waals surface area (Å²) in [4.78, 5) is 27.3. The minimum Gasteiger partial charge on any atom is -0.426 e. The first-order chi connectivity index (χ1) is 9.58. The van der Waals surface area contributed by atoms with Crippen LogP contribution in [-0.2, 0) is 17.6 Å². The highest BCUT2D eigenvalue weighted by Crippen LogP contribution is 2.28. The average molecular weight is 271 g/mol. The van der Waals surface area contributed by atoms with E-state index < -0.39 is 5.97 Å². The molecule has 4 heteroatoms. The zero-order valence-corrected chi connectivity index (χ0v) is 11.7. The van der Waals surface area contributed by atoms with Gasteiger partial charge in [-0.3, -0.25) is 9.59 Å². The smallest absolute Gasteiger partial charge is 0.308 e. The quantitative estimate of drug-likeness (QED) is 0.640. The summed E-state index contributed by atoms with van der Waals surface area (Å²) in [5.41, 5.74) is 3.67. The van der Waals surface area contributed by atoms with E-state index in [1.807, 2.05) is 13.0 Å². The molecule has 0 aliphatic heterocycles. The Balaban J connectivity index is 2.36. The Morgan fingerprint density at radius 3 is 2.75 bits per heavy atom. The molecule has 0 saturated carbocycles. The van der Waals surface area contributed by atoms with E-state index in [1.54, 1.807) is 6.07 Å². The molecule has 4 nitrogen and oxygen atoms in total. The summed E-state index contributed by atoms with van der Waals surface area (Å²) in [5, 5.41) is 0.501. The van der Waals surface area contributed by atoms with E-state index in [0.717, 1.165) is 48.0 Å². The van der Waals surface area contributed by atoms with E-state index in [1.165, 1.54) is 6.92 Å². The summed E-state index contributed by atoms with van der Waals surface area (Å²) < 4.78 is 5.20. The van der Waals surface area contributed by atoms with Crippen molar-refractivity contribution in [3.63, 3.8) is 0 Å². The van der Waals surface area contributed by atoms with Gasteiger partial charge in [-0.25, -0.2) is 0 Å². The second kappa shape index (κ2) is 4.78. The number of aryl methyl sites for hydroxylation is 2. The lowest BCUT2D eigenvalue weighted by Gasteiger charge is -2.17. The molecule has 1 aromatic carbocycles. The molecule has 1 aromatic heterocycles. The van der Waals surface area contributed by atoms with Crippen molar-refractivity contribution in [2.24, 2.45) is 0 Å². The molecule has 104 valence electrons. The zero-order chi connectivity index (χ0) is 14.3. The molecule has 0 spiro atoms. The summed E-state index contributed by atoms with van der Waals surface area (Å²) in [5.74, 6) is -0.0556. The van der Waals surface area contributed by atoms with Crippen molar-refractivity contribution in [3.05, 3.63) is 39.2 Å². The van der Waals surface area contributed by atoms with Gasteiger partial charge in [-0.2, -0.15) is 0 Å². The first kappa shape index (κ1) is 12.9. The van der Waals surface area contributed by atoms with Crippen LogP contribution in [-0.4, -0.2) is 11.0 Å². The van der Waals surface area contributed by atoms with Gasteiger partial charge in [0.2, 0.25) is 0 Å². The standard InChI is InChI=1S/C16H17NO3/c1-9-7-8-13(20-10(2)18)14-15(9)17-12-6-4-3-5-11(12)16(14)19/h7-8H,3-6H2,1-2H3,(H,17,19). The fourth-order valence-electron chi connectivity index (χ4n) is 2.91. The van der Waals surface area contributed by atoms with Gasteiger partial charge in [0.25, 0.3) is 0 Å². The van der Waals surface area contributed by atoms with Gasteiger partial charge in [0, 0.05) is 18.2 Å². The van der Waals surface area contributed by atoms with Gasteiger partial charge in [-0.15, -0.1) is 0 Å². The van der Waals surface area contributed by atoms with Crippen molar-refractivity contribution in [1.82, 2.24) is 4.98 Å². The van der Waals surface area contributed by atoms with Crippen molar-refractivity contribution in [3.8, 4) is 5.75 Å². The van der Waals surface area contributed by atoms with E-state index in [0.29, 0.717) is 11.1 Å². The van der Waals surface area contributed by atoms with Crippen LogP contribution >= 0.6 is 0 Å². The Kier molecular flexibility index (Phi) is 3.08. The van der Waals surface area contributed by atoms with Gasteiger partial charge in [-0.1, -0.05) is 6.07 Å². The monoisotopic (exact) mass is 271 g/mol. The molecule has 0 atom stereocenters. The number of carbonyl (C=O) groups excluding carboxylic acids is 1. The number of nitrogens with one attached hydrogen (secondary N) is 1. The third-order valence-electron chi connectivity index (χ3n) is 3.87. The molecule has 0 bridgehead atoms. The van der Waals surface area contributed by atoms with Crippen molar-refractivity contribution >= 4 is 16.9 Å². The maximum absolute atomic E-state index is 12.7. The summed E-state index contributed by atoms with van der Waals surface area (Å²) >= 11 is 0. The van der Waals surface area contributed by atoms with Crippen LogP contribution < -0.4 is 10.2 Å². The Labute approximate surface area is 116 Å². The molecular formula is C16H17NO3. The molecule has 0 saturated heterocycles. The van der Waals surface area contributed by atoms with E-state index in [4.69, 9.17) is 4.74 Å². The van der Waals surface area contributed by atoms with Crippen LogP contribution in [0, 0.1) is 6.92 Å². The number of ether oxygens (including phenoxy) is 1. The Morgan fingerprint density at radius 2 is 2.00 bits per heavy atom. The van der Waals surface area contributed by atoms with Crippen LogP contribution in [0.2, 0.25) is 0 Å². The van der Waals surface area contributed by atoms with E-state index >= 15 is 0 Å². The van der Waals surface area contributed by atoms with Crippen molar-refractivity contribution in [1.29, 1.82) is 0 Å². The molecule has 2 aromatic rings. The third kappa shape index (κ3) is 2.01. The van der Waals surface area contributed by atoms with Crippen LogP contribution in [0.5, 0.6) is 5.75 Å². The van der Waals surface area contributed by atoms with Crippen LogP contribution in [0.3, 0.4) is 0 Å². The van der Waals surface area contributed by atoms with E-state index in [2.05, 4.69) is 4.98 Å². The molecule has 0 fully saturated rings. The van der Waals surface area contributed by atoms with Crippen molar-refractivity contribution in [2.75, 3.05) is 0 Å². The summed E-state index contributed by atoms with van der Waals surface area (Å²) in [6.45, 7) is 3.29. The number of aromatic amines is 1. The molecule has 1 heterocycles. The first-order valence-corrected chi connectivity index (χ1v) is 6.93. The van der Waals surface area contributed by atoms with Gasteiger partial charge >= 0.3 is 5.97 Å². The Bertz CT molecular complexity index is 758. The fraction of sp³-hybridized carbons (Fsp3) is 0.375. The second-order valence-electron chi connectivity index (χ2n) is 5.34. The number of hydrogen-bond donors (Lipinski definition) is 1. The molecule has 1 N–H and O–H groups in total. The number of hydrogen-bond acceptors (Lipinski definition) is 3. The predicted molar refractivity (Wildman–Crippen MR) is 77.3 cm³/mol. The van der Waals surface area contributed by atoms with Crippen LogP contribution in [0.1, 0.15) is 36.6 Å². The molecule has 0 radical (unpaired) electrons. The number of esters is 1. The maximum atomic E-state index is 12.7. The summed E-state index contributed by atoms with van der Waals surface area (Å²) in [6.07, 6.45) is 3.86. The van der Waals surface area contributed by atoms with Crippen LogP contribution in [0.15, 0.2) is 16.9 Å². The number of benzene rings is 1. The number of pyridine rings is 1. The van der Waals surface area contributed by atoms with Gasteiger partial charge in [-0.05, 0) is 44.2 Å². The number of aromatic nitrogens is 1. The van der Waals surface area contributed by atoms with E-state index in [-0.39, 0.29) is 5.43 Å². The Hall–Kier alpha value is -2.10. The van der Waals surface area contributed by atoms with Crippen molar-refractivity contribution < 1.29 is 9.53 Å². The average Bonchev–Trinajstić information content (AvgIpc) is 2.42. The highest BCUT2D eigenvalue weighted by molar-refractivity contribution is 5.90. The molecule has 20 heavy (non-hydrogen) atoms. The number of H-pyrrole nitrogens is 1. The number of fused-ring (bicyclic) bond motifs is 2. The molecule has 1 aliphatic rings. The zero-order valence-electron chi connectivity index (χ0n) is 11.7. The van der Waals surface area contributed by atoms with E-state index in [9.17, 15) is 9.59 Å². The van der Waals surface area contributed by atoms with Gasteiger partial charge < -0.3 is 9.72 Å². The number of rotatable bonds is 1. The maximum Gasteiger partial charge on any atom is 0.308 e. The molecule has 3 rings (SSSR count). The van der Waals surface area contributed by atoms with Gasteiger partial charge in [0.15, 0.2) is 5.43 Å². The lowest BCUT2D eigenvalue weighted by Crippen LogP contribution is -2.19. The molecule has 0 unspecified atom stereocenters. The lowest BCUT2D eigenvalue weighted by atomic mass is 9.93. The largest absolute Gasteiger partial charge is 0.426 e. The predicted octanol–water partition coefficient (Wildman–Crippen LogP) is 2.64. The lowest BCUT2D eigenvalue weighted by molar-refractivity contribution is -0.131. The SMILES string of the molecule is CC(=O)Oc1ccc(C)c2[nH]c3c(c(=O)c12)CCCC3. The topological polar surface area (TPSA) is 59.2 Å². The second-order valence-corrected chi connectivity index (χ2v) is 5.34.